The molecule has 21 nitrogen and oxygen atoms in total. The van der Waals surface area contributed by atoms with Gasteiger partial charge >= 0.3 is 6.03 Å². The Balaban J connectivity index is 1.53. The molecule has 7 atom stereocenters. The number of para-hydroxylation sites is 1. The molecule has 1 aromatic carbocycles. The van der Waals surface area contributed by atoms with Gasteiger partial charge < -0.3 is 56.9 Å². The highest BCUT2D eigenvalue weighted by atomic mass is 16.5. The fourth-order valence-electron chi connectivity index (χ4n) is 8.04. The van der Waals surface area contributed by atoms with Gasteiger partial charge in [-0.3, -0.25) is 38.5 Å². The summed E-state index contributed by atoms with van der Waals surface area (Å²) >= 11 is 0. The third-order valence-corrected chi connectivity index (χ3v) is 11.6. The number of nitrogens with one attached hydrogen (secondary N) is 7. The topological polar surface area (TPSA) is 282 Å². The number of likely N-dealkylation sites (tertiary alicyclic amines) is 1. The third kappa shape index (κ3) is 15.2. The predicted molar refractivity (Wildman–Crippen MR) is 242 cm³/mol. The molecule has 2 aromatic rings. The summed E-state index contributed by atoms with van der Waals surface area (Å²) in [6, 6.07) is 2.76. The van der Waals surface area contributed by atoms with Crippen molar-refractivity contribution >= 4 is 53.1 Å². The van der Waals surface area contributed by atoms with Crippen molar-refractivity contribution in [2.24, 2.45) is 17.3 Å². The Bertz CT molecular complexity index is 1980. The molecule has 2 fully saturated rings. The normalized spacial score (nSPS) is 18.6. The monoisotopic (exact) mass is 922 g/mol. The number of urea groups is 1. The molecule has 8 N–H and O–H groups in total. The van der Waals surface area contributed by atoms with E-state index in [-0.39, 0.29) is 37.7 Å². The number of likely N-dealkylation sites (N-methyl/N-ethyl adjacent to an activating group) is 1. The number of hydrogen-bond donors (Lipinski definition) is 8. The van der Waals surface area contributed by atoms with Gasteiger partial charge in [-0.2, -0.15) is 0 Å². The van der Waals surface area contributed by atoms with E-state index in [0.29, 0.717) is 24.9 Å². The van der Waals surface area contributed by atoms with Gasteiger partial charge in [0.2, 0.25) is 29.5 Å². The highest BCUT2D eigenvalue weighted by Crippen LogP contribution is 2.28. The number of amides is 9. The molecule has 0 radical (unpaired) electrons. The molecule has 1 saturated heterocycles. The predicted octanol–water partition coefficient (Wildman–Crippen LogP) is 0.316. The molecule has 4 rings (SSSR count). The first-order chi connectivity index (χ1) is 31.3. The molecule has 66 heavy (non-hydrogen) atoms. The van der Waals surface area contributed by atoms with Crippen molar-refractivity contribution in [3.05, 3.63) is 54.6 Å². The van der Waals surface area contributed by atoms with Crippen LogP contribution in [0.1, 0.15) is 83.1 Å². The highest BCUT2D eigenvalue weighted by Gasteiger charge is 2.45. The van der Waals surface area contributed by atoms with Gasteiger partial charge in [0.1, 0.15) is 23.8 Å². The van der Waals surface area contributed by atoms with Crippen LogP contribution in [0, 0.1) is 17.3 Å². The number of rotatable bonds is 20. The van der Waals surface area contributed by atoms with Crippen LogP contribution in [-0.4, -0.2) is 156 Å². The third-order valence-electron chi connectivity index (χ3n) is 11.6. The van der Waals surface area contributed by atoms with Crippen LogP contribution in [0.2, 0.25) is 0 Å². The summed E-state index contributed by atoms with van der Waals surface area (Å²) in [6.45, 7) is 6.06. The second kappa shape index (κ2) is 24.9. The number of hydrogen-bond acceptors (Lipinski definition) is 12. The molecule has 1 saturated carbocycles. The van der Waals surface area contributed by atoms with Gasteiger partial charge in [-0.25, -0.2) is 9.78 Å². The number of methoxy groups -OCH3 is 1. The Morgan fingerprint density at radius 1 is 0.894 bits per heavy atom. The number of ether oxygens (including phenoxy) is 1. The Hall–Kier alpha value is -6.22. The number of nitrogens with zero attached hydrogens (tertiary/aromatic N) is 4. The van der Waals surface area contributed by atoms with E-state index in [1.165, 1.54) is 49.6 Å². The first-order valence-corrected chi connectivity index (χ1v) is 22.4. The first kappa shape index (κ1) is 52.4. The zero-order chi connectivity index (χ0) is 48.6. The number of aliphatic hydroxyl groups is 1. The molecule has 0 bridgehead atoms. The van der Waals surface area contributed by atoms with Crippen molar-refractivity contribution in [3.63, 3.8) is 0 Å². The van der Waals surface area contributed by atoms with Crippen LogP contribution in [0.5, 0.6) is 0 Å². The van der Waals surface area contributed by atoms with Gasteiger partial charge in [-0.1, -0.05) is 71.6 Å². The van der Waals surface area contributed by atoms with E-state index in [1.807, 2.05) is 0 Å². The maximum atomic E-state index is 14.4. The van der Waals surface area contributed by atoms with E-state index in [1.54, 1.807) is 58.0 Å². The Kier molecular flexibility index (Phi) is 19.8. The van der Waals surface area contributed by atoms with Crippen LogP contribution in [-0.2, 0) is 33.5 Å². The van der Waals surface area contributed by atoms with Gasteiger partial charge in [0, 0.05) is 52.4 Å². The summed E-state index contributed by atoms with van der Waals surface area (Å²) < 4.78 is 5.04. The Morgan fingerprint density at radius 3 is 2.20 bits per heavy atom. The molecular weight excluding hydrogens is 855 g/mol. The molecule has 9 amide bonds. The SMILES string of the molecule is CCCC(NC(=O)[C@@H]1CN(C(=O)Nc2ccccc2)C[C@@H]1NC(=O)[C@@H](NC(=O)[C@@H](NC(=O)c1cnccn1)C1CCCCC1)C(C)(C)C)[C@H](O)C(=O)NCC(=O)N[C@@H](COC)C(=O)N(C)C. The van der Waals surface area contributed by atoms with Crippen LogP contribution >= 0.6 is 0 Å². The molecule has 1 aliphatic carbocycles. The minimum Gasteiger partial charge on any atom is -0.382 e. The van der Waals surface area contributed by atoms with Crippen LogP contribution in [0.3, 0.4) is 0 Å². The van der Waals surface area contributed by atoms with E-state index in [9.17, 15) is 43.5 Å². The smallest absolute Gasteiger partial charge is 0.321 e. The molecule has 2 aliphatic rings. The fraction of sp³-hybridized carbons (Fsp3) is 0.600. The Morgan fingerprint density at radius 2 is 1.59 bits per heavy atom. The van der Waals surface area contributed by atoms with E-state index >= 15 is 0 Å². The molecule has 21 heteroatoms. The summed E-state index contributed by atoms with van der Waals surface area (Å²) in [4.78, 5) is 119. The Labute approximate surface area is 385 Å². The summed E-state index contributed by atoms with van der Waals surface area (Å²) in [5.41, 5.74) is -0.361. The van der Waals surface area contributed by atoms with Gasteiger partial charge in [0.15, 0.2) is 6.10 Å². The average Bonchev–Trinajstić information content (AvgIpc) is 3.72. The van der Waals surface area contributed by atoms with Gasteiger partial charge in [-0.15, -0.1) is 0 Å². The minimum atomic E-state index is -1.82. The van der Waals surface area contributed by atoms with Crippen molar-refractivity contribution in [2.75, 3.05) is 52.8 Å². The molecule has 1 unspecified atom stereocenters. The summed E-state index contributed by atoms with van der Waals surface area (Å²) in [6.07, 6.45) is 6.94. The minimum absolute atomic E-state index is 0.0330. The highest BCUT2D eigenvalue weighted by molar-refractivity contribution is 5.98. The van der Waals surface area contributed by atoms with Gasteiger partial charge in [0.05, 0.1) is 37.4 Å². The molecular formula is C45H67N11O10. The lowest BCUT2D eigenvalue weighted by atomic mass is 9.82. The first-order valence-electron chi connectivity index (χ1n) is 22.4. The number of benzene rings is 1. The summed E-state index contributed by atoms with van der Waals surface area (Å²) in [5, 5.41) is 30.2. The van der Waals surface area contributed by atoms with Gasteiger partial charge in [0.25, 0.3) is 11.8 Å². The van der Waals surface area contributed by atoms with Crippen molar-refractivity contribution in [3.8, 4) is 0 Å². The largest absolute Gasteiger partial charge is 0.382 e. The maximum Gasteiger partial charge on any atom is 0.321 e. The molecule has 2 heterocycles. The van der Waals surface area contributed by atoms with E-state index < -0.39 is 102 Å². The maximum absolute atomic E-state index is 14.4. The summed E-state index contributed by atoms with van der Waals surface area (Å²) in [7, 11) is 4.39. The number of anilines is 1. The molecule has 0 spiro atoms. The lowest BCUT2D eigenvalue weighted by Gasteiger charge is -2.35. The number of carbonyl (C=O) groups is 8. The van der Waals surface area contributed by atoms with E-state index in [4.69, 9.17) is 4.74 Å². The standard InChI is InChI=1S/C45H67N11O10/c1-8-15-30(36(58)41(62)48-23-34(57)50-33(26-66-7)43(64)55(5)6)51-38(59)29-24-56(44(65)49-28-18-13-10-14-19-28)25-32(29)52-42(63)37(45(2,3)4)54-40(61)35(27-16-11-9-12-17-27)53-39(60)31-22-46-20-21-47-31/h10,13-14,18-22,27,29-30,32-33,35-37,58H,8-9,11-12,15-17,23-26H2,1-7H3,(H,48,62)(H,49,65)(H,50,57)(H,51,59)(H,52,63)(H,53,60)(H,54,61)/t29-,30?,32+,33+,35+,36+,37-/m1/s1. The zero-order valence-electron chi connectivity index (χ0n) is 38.9. The molecule has 1 aliphatic heterocycles. The number of aliphatic hydroxyl groups excluding tert-OH is 1. The van der Waals surface area contributed by atoms with Crippen molar-refractivity contribution in [1.82, 2.24) is 51.7 Å². The van der Waals surface area contributed by atoms with Crippen LogP contribution < -0.4 is 37.2 Å². The van der Waals surface area contributed by atoms with Crippen molar-refractivity contribution < 1.29 is 48.2 Å². The second-order valence-electron chi connectivity index (χ2n) is 18.0. The van der Waals surface area contributed by atoms with Gasteiger partial charge in [-0.05, 0) is 42.7 Å². The lowest BCUT2D eigenvalue weighted by molar-refractivity contribution is -0.137. The van der Waals surface area contributed by atoms with Crippen molar-refractivity contribution in [2.45, 2.75) is 109 Å². The average molecular weight is 922 g/mol. The van der Waals surface area contributed by atoms with Crippen LogP contribution in [0.25, 0.3) is 0 Å². The lowest BCUT2D eigenvalue weighted by Crippen LogP contribution is -2.61. The summed E-state index contributed by atoms with van der Waals surface area (Å²) in [5.74, 6) is -5.89. The van der Waals surface area contributed by atoms with E-state index in [2.05, 4.69) is 47.2 Å². The molecule has 1 aromatic heterocycles. The quantitative estimate of drug-likeness (QED) is 0.0892. The van der Waals surface area contributed by atoms with Crippen LogP contribution in [0.4, 0.5) is 10.5 Å². The molecule has 362 valence electrons. The number of carbonyl (C=O) groups excluding carboxylic acids is 8. The van der Waals surface area contributed by atoms with E-state index in [0.717, 1.165) is 19.3 Å². The second-order valence-corrected chi connectivity index (χ2v) is 18.0. The number of aromatic nitrogens is 2. The van der Waals surface area contributed by atoms with Crippen molar-refractivity contribution in [1.29, 1.82) is 0 Å². The van der Waals surface area contributed by atoms with Crippen LogP contribution in [0.15, 0.2) is 48.9 Å². The zero-order valence-corrected chi connectivity index (χ0v) is 38.9. The fourth-order valence-corrected chi connectivity index (χ4v) is 8.04.